The van der Waals surface area contributed by atoms with E-state index >= 15 is 0 Å². The Morgan fingerprint density at radius 1 is 1.46 bits per heavy atom. The van der Waals surface area contributed by atoms with Crippen molar-refractivity contribution in [3.05, 3.63) is 29.8 Å². The number of carbonyl (C=O) groups excluding carboxylic acids is 1. The Hall–Kier alpha value is -1.55. The van der Waals surface area contributed by atoms with Crippen LogP contribution >= 0.6 is 0 Å². The molecule has 13 heavy (non-hydrogen) atoms. The fourth-order valence-electron chi connectivity index (χ4n) is 1.41. The molecular weight excluding hydrogens is 166 g/mol. The van der Waals surface area contributed by atoms with E-state index in [1.54, 1.807) is 0 Å². The summed E-state index contributed by atoms with van der Waals surface area (Å²) >= 11 is 0. The number of nitrogens with two attached hydrogens (primary N) is 1. The summed E-state index contributed by atoms with van der Waals surface area (Å²) in [4.78, 5) is 10.9. The Kier molecular flexibility index (Phi) is 1.90. The number of para-hydroxylation sites is 1. The average molecular weight is 177 g/mol. The molecule has 0 fully saturated rings. The fourth-order valence-corrected chi connectivity index (χ4v) is 1.41. The maximum atomic E-state index is 10.9. The number of fused-ring (bicyclic) bond motifs is 1. The van der Waals surface area contributed by atoms with E-state index in [-0.39, 0.29) is 5.91 Å². The van der Waals surface area contributed by atoms with Crippen LogP contribution in [0.5, 0.6) is 0 Å². The van der Waals surface area contributed by atoms with Crippen LogP contribution in [0.3, 0.4) is 0 Å². The van der Waals surface area contributed by atoms with E-state index in [2.05, 4.69) is 10.6 Å². The molecule has 4 N–H and O–H groups in total. The highest BCUT2D eigenvalue weighted by molar-refractivity contribution is 5.83. The summed E-state index contributed by atoms with van der Waals surface area (Å²) in [6, 6.07) is 7.83. The SMILES string of the molecule is NC(=O)C1NCc2ccccc2N1. The average Bonchev–Trinajstić information content (AvgIpc) is 2.17. The third-order valence-corrected chi connectivity index (χ3v) is 2.10. The first-order valence-electron chi connectivity index (χ1n) is 4.14. The number of rotatable bonds is 1. The Morgan fingerprint density at radius 3 is 3.00 bits per heavy atom. The second-order valence-corrected chi connectivity index (χ2v) is 3.02. The maximum Gasteiger partial charge on any atom is 0.254 e. The number of anilines is 1. The molecule has 0 aromatic heterocycles. The molecule has 0 radical (unpaired) electrons. The normalized spacial score (nSPS) is 20.2. The molecule has 4 heteroatoms. The van der Waals surface area contributed by atoms with Crippen LogP contribution < -0.4 is 16.4 Å². The molecule has 68 valence electrons. The number of primary amides is 1. The standard InChI is InChI=1S/C9H11N3O/c10-8(13)9-11-5-6-3-1-2-4-7(6)12-9/h1-4,9,11-12H,5H2,(H2,10,13). The van der Waals surface area contributed by atoms with Gasteiger partial charge < -0.3 is 11.1 Å². The quantitative estimate of drug-likeness (QED) is 0.566. The second kappa shape index (κ2) is 3.06. The number of nitrogens with one attached hydrogen (secondary N) is 2. The zero-order valence-corrected chi connectivity index (χ0v) is 7.08. The zero-order valence-electron chi connectivity index (χ0n) is 7.08. The molecule has 1 amide bonds. The lowest BCUT2D eigenvalue weighted by Gasteiger charge is -2.25. The van der Waals surface area contributed by atoms with Gasteiger partial charge in [-0.15, -0.1) is 0 Å². The molecule has 0 saturated heterocycles. The second-order valence-electron chi connectivity index (χ2n) is 3.02. The summed E-state index contributed by atoms with van der Waals surface area (Å²) in [6.07, 6.45) is -0.449. The molecule has 1 aromatic carbocycles. The minimum Gasteiger partial charge on any atom is -0.367 e. The Morgan fingerprint density at radius 2 is 2.23 bits per heavy atom. The smallest absolute Gasteiger partial charge is 0.254 e. The van der Waals surface area contributed by atoms with E-state index in [4.69, 9.17) is 5.73 Å². The van der Waals surface area contributed by atoms with Gasteiger partial charge >= 0.3 is 0 Å². The van der Waals surface area contributed by atoms with Crippen molar-refractivity contribution < 1.29 is 4.79 Å². The van der Waals surface area contributed by atoms with Crippen molar-refractivity contribution in [3.63, 3.8) is 0 Å². The number of hydrogen-bond donors (Lipinski definition) is 3. The van der Waals surface area contributed by atoms with Crippen LogP contribution in [0.2, 0.25) is 0 Å². The highest BCUT2D eigenvalue weighted by atomic mass is 16.1. The van der Waals surface area contributed by atoms with Crippen LogP contribution in [-0.2, 0) is 11.3 Å². The summed E-state index contributed by atoms with van der Waals surface area (Å²) in [6.45, 7) is 0.677. The Bertz CT molecular complexity index is 337. The molecule has 1 aliphatic heterocycles. The van der Waals surface area contributed by atoms with Gasteiger partial charge in [0.25, 0.3) is 5.91 Å². The lowest BCUT2D eigenvalue weighted by Crippen LogP contribution is -2.49. The minimum atomic E-state index is -0.449. The number of amides is 1. The van der Waals surface area contributed by atoms with E-state index in [0.717, 1.165) is 11.3 Å². The van der Waals surface area contributed by atoms with Crippen molar-refractivity contribution in [2.24, 2.45) is 5.73 Å². The van der Waals surface area contributed by atoms with Gasteiger partial charge in [-0.2, -0.15) is 0 Å². The summed E-state index contributed by atoms with van der Waals surface area (Å²) < 4.78 is 0. The van der Waals surface area contributed by atoms with Gasteiger partial charge in [0.1, 0.15) is 0 Å². The van der Waals surface area contributed by atoms with Crippen molar-refractivity contribution in [3.8, 4) is 0 Å². The monoisotopic (exact) mass is 177 g/mol. The first-order chi connectivity index (χ1) is 6.27. The number of carbonyl (C=O) groups is 1. The first kappa shape index (κ1) is 8.07. The number of hydrogen-bond acceptors (Lipinski definition) is 3. The molecule has 0 saturated carbocycles. The number of benzene rings is 1. The first-order valence-corrected chi connectivity index (χ1v) is 4.14. The predicted molar refractivity (Wildman–Crippen MR) is 49.9 cm³/mol. The molecule has 1 unspecified atom stereocenters. The Balaban J connectivity index is 2.24. The molecule has 1 heterocycles. The summed E-state index contributed by atoms with van der Waals surface area (Å²) in [7, 11) is 0. The van der Waals surface area contributed by atoms with Crippen molar-refractivity contribution in [1.29, 1.82) is 0 Å². The summed E-state index contributed by atoms with van der Waals surface area (Å²) in [5.74, 6) is -0.380. The summed E-state index contributed by atoms with van der Waals surface area (Å²) in [5, 5.41) is 6.00. The van der Waals surface area contributed by atoms with Gasteiger partial charge in [0.05, 0.1) is 0 Å². The highest BCUT2D eigenvalue weighted by Crippen LogP contribution is 2.18. The lowest BCUT2D eigenvalue weighted by molar-refractivity contribution is -0.119. The highest BCUT2D eigenvalue weighted by Gasteiger charge is 2.19. The van der Waals surface area contributed by atoms with Crippen molar-refractivity contribution in [2.45, 2.75) is 12.7 Å². The Labute approximate surface area is 76.1 Å². The van der Waals surface area contributed by atoms with Crippen molar-refractivity contribution in [2.75, 3.05) is 5.32 Å². The molecular formula is C9H11N3O. The van der Waals surface area contributed by atoms with E-state index in [9.17, 15) is 4.79 Å². The van der Waals surface area contributed by atoms with Crippen molar-refractivity contribution >= 4 is 11.6 Å². The lowest BCUT2D eigenvalue weighted by atomic mass is 10.1. The van der Waals surface area contributed by atoms with Gasteiger partial charge in [-0.05, 0) is 11.6 Å². The van der Waals surface area contributed by atoms with Crippen LogP contribution in [-0.4, -0.2) is 12.1 Å². The van der Waals surface area contributed by atoms with Gasteiger partial charge in [0.2, 0.25) is 0 Å². The van der Waals surface area contributed by atoms with Crippen LogP contribution in [0.4, 0.5) is 5.69 Å². The molecule has 1 atom stereocenters. The van der Waals surface area contributed by atoms with Gasteiger partial charge in [0, 0.05) is 12.2 Å². The van der Waals surface area contributed by atoms with Gasteiger partial charge in [-0.1, -0.05) is 18.2 Å². The molecule has 2 rings (SSSR count). The zero-order chi connectivity index (χ0) is 9.26. The molecule has 0 bridgehead atoms. The van der Waals surface area contributed by atoms with E-state index in [1.807, 2.05) is 24.3 Å². The maximum absolute atomic E-state index is 10.9. The van der Waals surface area contributed by atoms with E-state index < -0.39 is 6.17 Å². The van der Waals surface area contributed by atoms with Crippen LogP contribution in [0.25, 0.3) is 0 Å². The van der Waals surface area contributed by atoms with Crippen LogP contribution in [0.1, 0.15) is 5.56 Å². The van der Waals surface area contributed by atoms with Gasteiger partial charge in [-0.25, -0.2) is 0 Å². The predicted octanol–water partition coefficient (Wildman–Crippen LogP) is 0.0131. The topological polar surface area (TPSA) is 67.2 Å². The van der Waals surface area contributed by atoms with Gasteiger partial charge in [0.15, 0.2) is 6.17 Å². The molecule has 1 aliphatic rings. The molecule has 1 aromatic rings. The third-order valence-electron chi connectivity index (χ3n) is 2.10. The largest absolute Gasteiger partial charge is 0.367 e. The molecule has 4 nitrogen and oxygen atoms in total. The van der Waals surface area contributed by atoms with E-state index in [0.29, 0.717) is 6.54 Å². The fraction of sp³-hybridized carbons (Fsp3) is 0.222. The van der Waals surface area contributed by atoms with Gasteiger partial charge in [-0.3, -0.25) is 10.1 Å². The van der Waals surface area contributed by atoms with Crippen LogP contribution in [0, 0.1) is 0 Å². The minimum absolute atomic E-state index is 0.380. The van der Waals surface area contributed by atoms with E-state index in [1.165, 1.54) is 0 Å². The summed E-state index contributed by atoms with van der Waals surface area (Å²) in [5.41, 5.74) is 7.29. The third kappa shape index (κ3) is 1.48. The molecule has 0 aliphatic carbocycles. The van der Waals surface area contributed by atoms with Crippen LogP contribution in [0.15, 0.2) is 24.3 Å². The van der Waals surface area contributed by atoms with Crippen molar-refractivity contribution in [1.82, 2.24) is 5.32 Å². The molecule has 0 spiro atoms.